The lowest BCUT2D eigenvalue weighted by atomic mass is 9.88. The van der Waals surface area contributed by atoms with Crippen molar-refractivity contribution in [1.29, 1.82) is 0 Å². The van der Waals surface area contributed by atoms with Crippen LogP contribution in [0.2, 0.25) is 0 Å². The normalized spacial score (nSPS) is 19.1. The summed E-state index contributed by atoms with van der Waals surface area (Å²) in [5.74, 6) is 0.896. The second-order valence-corrected chi connectivity index (χ2v) is 5.79. The monoisotopic (exact) mass is 246 g/mol. The van der Waals surface area contributed by atoms with E-state index in [1.165, 1.54) is 44.2 Å². The van der Waals surface area contributed by atoms with Crippen molar-refractivity contribution in [2.24, 2.45) is 5.92 Å². The molecule has 0 aliphatic heterocycles. The van der Waals surface area contributed by atoms with Gasteiger partial charge in [0.25, 0.3) is 0 Å². The van der Waals surface area contributed by atoms with Crippen molar-refractivity contribution in [2.45, 2.75) is 45.1 Å². The van der Waals surface area contributed by atoms with Gasteiger partial charge in [-0.15, -0.1) is 0 Å². The first-order valence-corrected chi connectivity index (χ1v) is 7.22. The van der Waals surface area contributed by atoms with Gasteiger partial charge in [0.1, 0.15) is 0 Å². The summed E-state index contributed by atoms with van der Waals surface area (Å²) in [7, 11) is 2.24. The molecule has 1 aromatic rings. The predicted octanol–water partition coefficient (Wildman–Crippen LogP) is 3.84. The summed E-state index contributed by atoms with van der Waals surface area (Å²) >= 11 is 0. The standard InChI is InChI=1S/C16H26N2/c1-13(15-9-6-10-16(17)11-15)18(2)12-14-7-4-3-5-8-14/h6,9-11,13-14H,3-5,7-8,12,17H2,1-2H3. The predicted molar refractivity (Wildman–Crippen MR) is 78.5 cm³/mol. The van der Waals surface area contributed by atoms with Gasteiger partial charge in [-0.1, -0.05) is 31.4 Å². The molecule has 2 nitrogen and oxygen atoms in total. The number of benzene rings is 1. The Kier molecular flexibility index (Phi) is 4.65. The first kappa shape index (κ1) is 13.4. The Morgan fingerprint density at radius 1 is 1.28 bits per heavy atom. The average Bonchev–Trinajstić information content (AvgIpc) is 2.39. The lowest BCUT2D eigenvalue weighted by Gasteiger charge is -2.31. The van der Waals surface area contributed by atoms with E-state index in [1.807, 2.05) is 6.07 Å². The van der Waals surface area contributed by atoms with Crippen LogP contribution in [0.3, 0.4) is 0 Å². The molecule has 0 bridgehead atoms. The van der Waals surface area contributed by atoms with E-state index < -0.39 is 0 Å². The van der Waals surface area contributed by atoms with E-state index in [2.05, 4.69) is 37.1 Å². The molecule has 100 valence electrons. The molecule has 0 heterocycles. The zero-order valence-corrected chi connectivity index (χ0v) is 11.7. The van der Waals surface area contributed by atoms with Crippen LogP contribution in [0.5, 0.6) is 0 Å². The Morgan fingerprint density at radius 3 is 2.67 bits per heavy atom. The Labute approximate surface area is 111 Å². The molecule has 1 saturated carbocycles. The Balaban J connectivity index is 1.93. The van der Waals surface area contributed by atoms with Crippen LogP contribution in [0.4, 0.5) is 5.69 Å². The van der Waals surface area contributed by atoms with Gasteiger partial charge in [0, 0.05) is 18.3 Å². The molecule has 1 unspecified atom stereocenters. The van der Waals surface area contributed by atoms with Crippen LogP contribution in [0, 0.1) is 5.92 Å². The van der Waals surface area contributed by atoms with Gasteiger partial charge in [-0.3, -0.25) is 4.90 Å². The van der Waals surface area contributed by atoms with Crippen molar-refractivity contribution >= 4 is 5.69 Å². The Bertz CT molecular complexity index is 369. The third-order valence-corrected chi connectivity index (χ3v) is 4.33. The van der Waals surface area contributed by atoms with E-state index in [1.54, 1.807) is 0 Å². The molecule has 1 aliphatic rings. The summed E-state index contributed by atoms with van der Waals surface area (Å²) in [5, 5.41) is 0. The van der Waals surface area contributed by atoms with Crippen molar-refractivity contribution in [1.82, 2.24) is 4.90 Å². The molecule has 1 aromatic carbocycles. The van der Waals surface area contributed by atoms with Crippen molar-refractivity contribution in [3.8, 4) is 0 Å². The van der Waals surface area contributed by atoms with Crippen molar-refractivity contribution in [3.05, 3.63) is 29.8 Å². The number of nitrogens with zero attached hydrogens (tertiary/aromatic N) is 1. The van der Waals surface area contributed by atoms with Crippen LogP contribution in [-0.2, 0) is 0 Å². The molecule has 0 saturated heterocycles. The summed E-state index contributed by atoms with van der Waals surface area (Å²) in [6.45, 7) is 3.49. The zero-order valence-electron chi connectivity index (χ0n) is 11.7. The van der Waals surface area contributed by atoms with Crippen molar-refractivity contribution in [2.75, 3.05) is 19.3 Å². The largest absolute Gasteiger partial charge is 0.399 e. The van der Waals surface area contributed by atoms with Gasteiger partial charge in [0.15, 0.2) is 0 Å². The number of hydrogen-bond donors (Lipinski definition) is 1. The highest BCUT2D eigenvalue weighted by Crippen LogP contribution is 2.27. The maximum Gasteiger partial charge on any atom is 0.0317 e. The second-order valence-electron chi connectivity index (χ2n) is 5.79. The Hall–Kier alpha value is -1.02. The topological polar surface area (TPSA) is 29.3 Å². The molecular formula is C16H26N2. The molecule has 1 aliphatic carbocycles. The zero-order chi connectivity index (χ0) is 13.0. The van der Waals surface area contributed by atoms with Gasteiger partial charge in [0.2, 0.25) is 0 Å². The van der Waals surface area contributed by atoms with Gasteiger partial charge in [-0.2, -0.15) is 0 Å². The molecule has 1 fully saturated rings. The van der Waals surface area contributed by atoms with Crippen LogP contribution in [0.1, 0.15) is 50.6 Å². The first-order valence-electron chi connectivity index (χ1n) is 7.22. The minimum atomic E-state index is 0.454. The molecule has 0 spiro atoms. The quantitative estimate of drug-likeness (QED) is 0.818. The third-order valence-electron chi connectivity index (χ3n) is 4.33. The van der Waals surface area contributed by atoms with Crippen molar-refractivity contribution < 1.29 is 0 Å². The van der Waals surface area contributed by atoms with E-state index in [9.17, 15) is 0 Å². The number of anilines is 1. The van der Waals surface area contributed by atoms with E-state index in [4.69, 9.17) is 5.73 Å². The molecule has 2 rings (SSSR count). The minimum Gasteiger partial charge on any atom is -0.399 e. The summed E-state index contributed by atoms with van der Waals surface area (Å²) in [5.41, 5.74) is 8.06. The lowest BCUT2D eigenvalue weighted by Crippen LogP contribution is -2.29. The number of rotatable bonds is 4. The van der Waals surface area contributed by atoms with Gasteiger partial charge < -0.3 is 5.73 Å². The number of hydrogen-bond acceptors (Lipinski definition) is 2. The maximum absolute atomic E-state index is 5.86. The highest BCUT2D eigenvalue weighted by atomic mass is 15.1. The van der Waals surface area contributed by atoms with E-state index >= 15 is 0 Å². The summed E-state index contributed by atoms with van der Waals surface area (Å²) in [4.78, 5) is 2.48. The molecule has 0 radical (unpaired) electrons. The first-order chi connectivity index (χ1) is 8.66. The van der Waals surface area contributed by atoms with Gasteiger partial charge in [-0.25, -0.2) is 0 Å². The summed E-state index contributed by atoms with van der Waals surface area (Å²) in [6.07, 6.45) is 7.10. The van der Waals surface area contributed by atoms with Gasteiger partial charge in [0.05, 0.1) is 0 Å². The van der Waals surface area contributed by atoms with Crippen LogP contribution in [0.15, 0.2) is 24.3 Å². The average molecular weight is 246 g/mol. The Morgan fingerprint density at radius 2 is 2.00 bits per heavy atom. The highest BCUT2D eigenvalue weighted by Gasteiger charge is 2.19. The third kappa shape index (κ3) is 3.49. The highest BCUT2D eigenvalue weighted by molar-refractivity contribution is 5.41. The second kappa shape index (κ2) is 6.24. The van der Waals surface area contributed by atoms with Crippen LogP contribution >= 0.6 is 0 Å². The fraction of sp³-hybridized carbons (Fsp3) is 0.625. The fourth-order valence-corrected chi connectivity index (χ4v) is 3.01. The smallest absolute Gasteiger partial charge is 0.0317 e. The summed E-state index contributed by atoms with van der Waals surface area (Å²) < 4.78 is 0. The van der Waals surface area contributed by atoms with Crippen LogP contribution in [0.25, 0.3) is 0 Å². The number of nitrogen functional groups attached to an aromatic ring is 1. The van der Waals surface area contributed by atoms with Crippen LogP contribution < -0.4 is 5.73 Å². The van der Waals surface area contributed by atoms with Gasteiger partial charge >= 0.3 is 0 Å². The van der Waals surface area contributed by atoms with Gasteiger partial charge in [-0.05, 0) is 50.4 Å². The number of nitrogens with two attached hydrogens (primary N) is 1. The van der Waals surface area contributed by atoms with Crippen LogP contribution in [-0.4, -0.2) is 18.5 Å². The molecule has 18 heavy (non-hydrogen) atoms. The van der Waals surface area contributed by atoms with E-state index in [0.717, 1.165) is 11.6 Å². The van der Waals surface area contributed by atoms with E-state index in [0.29, 0.717) is 6.04 Å². The van der Waals surface area contributed by atoms with Crippen molar-refractivity contribution in [3.63, 3.8) is 0 Å². The minimum absolute atomic E-state index is 0.454. The SMILES string of the molecule is CC(c1cccc(N)c1)N(C)CC1CCCCC1. The summed E-state index contributed by atoms with van der Waals surface area (Å²) in [6, 6.07) is 8.74. The fourth-order valence-electron chi connectivity index (χ4n) is 3.01. The molecule has 2 heteroatoms. The van der Waals surface area contributed by atoms with E-state index in [-0.39, 0.29) is 0 Å². The molecule has 0 amide bonds. The molecule has 1 atom stereocenters. The lowest BCUT2D eigenvalue weighted by molar-refractivity contribution is 0.192. The maximum atomic E-state index is 5.86. The molecule has 0 aromatic heterocycles. The molecular weight excluding hydrogens is 220 g/mol. The molecule has 2 N–H and O–H groups in total.